The Kier molecular flexibility index (Phi) is 5.93. The zero-order valence-corrected chi connectivity index (χ0v) is 15.6. The molecule has 5 heteroatoms. The van der Waals surface area contributed by atoms with Crippen molar-refractivity contribution in [3.63, 3.8) is 0 Å². The first-order valence-corrected chi connectivity index (χ1v) is 9.82. The van der Waals surface area contributed by atoms with E-state index in [0.717, 1.165) is 23.0 Å². The summed E-state index contributed by atoms with van der Waals surface area (Å²) in [5.41, 5.74) is 0.851. The summed E-state index contributed by atoms with van der Waals surface area (Å²) in [4.78, 5) is 27.1. The highest BCUT2D eigenvalue weighted by Crippen LogP contribution is 2.31. The first-order chi connectivity index (χ1) is 11.7. The van der Waals surface area contributed by atoms with E-state index in [0.29, 0.717) is 13.0 Å². The van der Waals surface area contributed by atoms with Crippen molar-refractivity contribution in [1.82, 2.24) is 5.32 Å². The average molecular weight is 393 g/mol. The zero-order chi connectivity index (χ0) is 16.9. The van der Waals surface area contributed by atoms with Crippen LogP contribution in [-0.4, -0.2) is 24.4 Å². The molecule has 1 saturated carbocycles. The van der Waals surface area contributed by atoms with E-state index in [4.69, 9.17) is 0 Å². The van der Waals surface area contributed by atoms with Crippen molar-refractivity contribution < 1.29 is 9.59 Å². The molecule has 0 bridgehead atoms. The van der Waals surface area contributed by atoms with Gasteiger partial charge in [-0.15, -0.1) is 0 Å². The van der Waals surface area contributed by atoms with Crippen molar-refractivity contribution in [2.75, 3.05) is 11.4 Å². The van der Waals surface area contributed by atoms with E-state index >= 15 is 0 Å². The van der Waals surface area contributed by atoms with E-state index in [1.165, 1.54) is 32.1 Å². The van der Waals surface area contributed by atoms with Gasteiger partial charge in [0, 0.05) is 17.1 Å². The molecular weight excluding hydrogens is 368 g/mol. The first-order valence-electron chi connectivity index (χ1n) is 9.03. The Balaban J connectivity index is 1.62. The monoisotopic (exact) mass is 392 g/mol. The highest BCUT2D eigenvalue weighted by Gasteiger charge is 2.38. The summed E-state index contributed by atoms with van der Waals surface area (Å²) >= 11 is 3.49. The molecule has 2 amide bonds. The van der Waals surface area contributed by atoms with Gasteiger partial charge in [-0.1, -0.05) is 44.2 Å². The van der Waals surface area contributed by atoms with Crippen LogP contribution >= 0.6 is 15.9 Å². The number of para-hydroxylation sites is 1. The predicted molar refractivity (Wildman–Crippen MR) is 98.9 cm³/mol. The molecule has 130 valence electrons. The van der Waals surface area contributed by atoms with E-state index in [2.05, 4.69) is 21.2 Å². The minimum Gasteiger partial charge on any atom is -0.353 e. The largest absolute Gasteiger partial charge is 0.353 e. The van der Waals surface area contributed by atoms with Crippen LogP contribution in [-0.2, 0) is 9.59 Å². The van der Waals surface area contributed by atoms with Crippen LogP contribution in [0.1, 0.15) is 51.4 Å². The van der Waals surface area contributed by atoms with Gasteiger partial charge in [-0.25, -0.2) is 0 Å². The summed E-state index contributed by atoms with van der Waals surface area (Å²) in [6, 6.07) is 7.91. The molecule has 24 heavy (non-hydrogen) atoms. The lowest BCUT2D eigenvalue weighted by molar-refractivity contribution is -0.132. The highest BCUT2D eigenvalue weighted by molar-refractivity contribution is 9.10. The molecule has 1 aromatic carbocycles. The van der Waals surface area contributed by atoms with E-state index < -0.39 is 5.92 Å². The molecule has 2 aliphatic rings. The van der Waals surface area contributed by atoms with Crippen LogP contribution in [0.25, 0.3) is 0 Å². The second kappa shape index (κ2) is 8.15. The lowest BCUT2D eigenvalue weighted by Gasteiger charge is -2.23. The van der Waals surface area contributed by atoms with Gasteiger partial charge in [-0.3, -0.25) is 9.59 Å². The molecule has 1 saturated heterocycles. The van der Waals surface area contributed by atoms with Crippen molar-refractivity contribution in [2.24, 2.45) is 5.92 Å². The van der Waals surface area contributed by atoms with E-state index in [-0.39, 0.29) is 17.9 Å². The van der Waals surface area contributed by atoms with Crippen molar-refractivity contribution in [3.8, 4) is 0 Å². The Labute approximate surface area is 152 Å². The number of anilines is 1. The Morgan fingerprint density at radius 3 is 2.42 bits per heavy atom. The maximum Gasteiger partial charge on any atom is 0.239 e. The maximum atomic E-state index is 12.7. The smallest absolute Gasteiger partial charge is 0.239 e. The highest BCUT2D eigenvalue weighted by atomic mass is 79.9. The van der Waals surface area contributed by atoms with E-state index in [9.17, 15) is 9.59 Å². The Morgan fingerprint density at radius 2 is 1.71 bits per heavy atom. The van der Waals surface area contributed by atoms with Crippen LogP contribution in [0.15, 0.2) is 28.7 Å². The summed E-state index contributed by atoms with van der Waals surface area (Å²) in [5, 5.41) is 3.15. The van der Waals surface area contributed by atoms with Gasteiger partial charge in [0.05, 0.1) is 5.69 Å². The normalized spacial score (nSPS) is 23.0. The van der Waals surface area contributed by atoms with Crippen molar-refractivity contribution in [1.29, 1.82) is 0 Å². The lowest BCUT2D eigenvalue weighted by Crippen LogP contribution is -2.42. The molecule has 0 radical (unpaired) electrons. The molecule has 2 fully saturated rings. The average Bonchev–Trinajstić information content (AvgIpc) is 2.92. The zero-order valence-electron chi connectivity index (χ0n) is 14.0. The van der Waals surface area contributed by atoms with Gasteiger partial charge in [0.25, 0.3) is 0 Å². The standard InChI is InChI=1S/C19H25BrN2O2/c20-16-10-6-7-11-17(16)22-13-12-15(19(22)24)18(23)21-14-8-4-2-1-3-5-9-14/h6-7,10-11,14-15H,1-5,8-9,12-13H2,(H,21,23)/t15-/m0/s1. The third-order valence-corrected chi connectivity index (χ3v) is 5.79. The third kappa shape index (κ3) is 4.00. The van der Waals surface area contributed by atoms with Gasteiger partial charge in [-0.05, 0) is 47.3 Å². The number of carbonyl (C=O) groups is 2. The first kappa shape index (κ1) is 17.5. The molecule has 0 unspecified atom stereocenters. The molecule has 1 aromatic rings. The lowest BCUT2D eigenvalue weighted by atomic mass is 9.96. The number of rotatable bonds is 3. The van der Waals surface area contributed by atoms with Crippen LogP contribution in [0.4, 0.5) is 5.69 Å². The topological polar surface area (TPSA) is 49.4 Å². The molecule has 1 aliphatic heterocycles. The molecule has 1 aliphatic carbocycles. The minimum atomic E-state index is -0.539. The Bertz CT molecular complexity index is 597. The summed E-state index contributed by atoms with van der Waals surface area (Å²) in [7, 11) is 0. The Morgan fingerprint density at radius 1 is 1.04 bits per heavy atom. The quantitative estimate of drug-likeness (QED) is 0.789. The Hall–Kier alpha value is -1.36. The van der Waals surface area contributed by atoms with Gasteiger partial charge >= 0.3 is 0 Å². The summed E-state index contributed by atoms with van der Waals surface area (Å²) in [6.45, 7) is 0.601. The van der Waals surface area contributed by atoms with Crippen LogP contribution in [0.2, 0.25) is 0 Å². The van der Waals surface area contributed by atoms with Gasteiger partial charge in [-0.2, -0.15) is 0 Å². The number of amides is 2. The minimum absolute atomic E-state index is 0.0785. The second-order valence-electron chi connectivity index (χ2n) is 6.83. The number of hydrogen-bond acceptors (Lipinski definition) is 2. The third-order valence-electron chi connectivity index (χ3n) is 5.12. The van der Waals surface area contributed by atoms with Crippen LogP contribution in [0, 0.1) is 5.92 Å². The van der Waals surface area contributed by atoms with E-state index in [1.807, 2.05) is 24.3 Å². The molecule has 4 nitrogen and oxygen atoms in total. The van der Waals surface area contributed by atoms with E-state index in [1.54, 1.807) is 4.90 Å². The van der Waals surface area contributed by atoms with Crippen molar-refractivity contribution >= 4 is 33.4 Å². The molecule has 3 rings (SSSR count). The molecule has 1 atom stereocenters. The maximum absolute atomic E-state index is 12.7. The van der Waals surface area contributed by atoms with Crippen LogP contribution < -0.4 is 10.2 Å². The summed E-state index contributed by atoms with van der Waals surface area (Å²) < 4.78 is 0.888. The van der Waals surface area contributed by atoms with Gasteiger partial charge in [0.2, 0.25) is 11.8 Å². The number of benzene rings is 1. The van der Waals surface area contributed by atoms with Gasteiger partial charge < -0.3 is 10.2 Å². The molecular formula is C19H25BrN2O2. The molecule has 0 aromatic heterocycles. The number of hydrogen-bond donors (Lipinski definition) is 1. The van der Waals surface area contributed by atoms with Crippen LogP contribution in [0.5, 0.6) is 0 Å². The molecule has 0 spiro atoms. The SMILES string of the molecule is O=C(NC1CCCCCCC1)[C@@H]1CCN(c2ccccc2Br)C1=O. The summed E-state index contributed by atoms with van der Waals surface area (Å²) in [6.07, 6.45) is 8.84. The molecule has 1 heterocycles. The molecule has 1 N–H and O–H groups in total. The summed E-state index contributed by atoms with van der Waals surface area (Å²) in [5.74, 6) is -0.701. The fraction of sp³-hybridized carbons (Fsp3) is 0.579. The fourth-order valence-corrected chi connectivity index (χ4v) is 4.23. The van der Waals surface area contributed by atoms with Crippen molar-refractivity contribution in [2.45, 2.75) is 57.4 Å². The number of nitrogens with one attached hydrogen (secondary N) is 1. The number of nitrogens with zero attached hydrogens (tertiary/aromatic N) is 1. The van der Waals surface area contributed by atoms with Crippen LogP contribution in [0.3, 0.4) is 0 Å². The second-order valence-corrected chi connectivity index (χ2v) is 7.69. The number of halogens is 1. The number of carbonyl (C=O) groups excluding carboxylic acids is 2. The van der Waals surface area contributed by atoms with Crippen molar-refractivity contribution in [3.05, 3.63) is 28.7 Å². The van der Waals surface area contributed by atoms with Gasteiger partial charge in [0.15, 0.2) is 0 Å². The predicted octanol–water partition coefficient (Wildman–Crippen LogP) is 4.03. The fourth-order valence-electron chi connectivity index (χ4n) is 3.74. The van der Waals surface area contributed by atoms with Gasteiger partial charge in [0.1, 0.15) is 5.92 Å².